The maximum atomic E-state index is 3.58. The van der Waals surface area contributed by atoms with Crippen LogP contribution in [0.4, 0.5) is 0 Å². The molecule has 1 N–H and O–H groups in total. The third-order valence-corrected chi connectivity index (χ3v) is 5.01. The molecule has 2 nitrogen and oxygen atoms in total. The van der Waals surface area contributed by atoms with Crippen molar-refractivity contribution < 1.29 is 0 Å². The molecule has 0 radical (unpaired) electrons. The Kier molecular flexibility index (Phi) is 4.74. The lowest BCUT2D eigenvalue weighted by Gasteiger charge is -2.38. The fourth-order valence-electron chi connectivity index (χ4n) is 3.69. The Morgan fingerprint density at radius 2 is 2.00 bits per heavy atom. The standard InChI is InChI=1S/C18H28N2/c1-2-9-19-13-15-7-10-20(11-8-15)14-17-12-16-5-3-4-6-18(16)17/h3-6,15,17,19H,2,7-14H2,1H3. The van der Waals surface area contributed by atoms with Gasteiger partial charge in [-0.15, -0.1) is 0 Å². The van der Waals surface area contributed by atoms with Crippen molar-refractivity contribution in [3.63, 3.8) is 0 Å². The number of fused-ring (bicyclic) bond motifs is 1. The first-order valence-electron chi connectivity index (χ1n) is 8.37. The minimum atomic E-state index is 0.806. The van der Waals surface area contributed by atoms with Crippen LogP contribution in [0.25, 0.3) is 0 Å². The van der Waals surface area contributed by atoms with Gasteiger partial charge in [-0.1, -0.05) is 31.2 Å². The second-order valence-electron chi connectivity index (χ2n) is 6.55. The normalized spacial score (nSPS) is 23.4. The fourth-order valence-corrected chi connectivity index (χ4v) is 3.69. The van der Waals surface area contributed by atoms with E-state index < -0.39 is 0 Å². The van der Waals surface area contributed by atoms with E-state index in [9.17, 15) is 0 Å². The minimum Gasteiger partial charge on any atom is -0.316 e. The van der Waals surface area contributed by atoms with Crippen LogP contribution < -0.4 is 5.32 Å². The topological polar surface area (TPSA) is 15.3 Å². The lowest BCUT2D eigenvalue weighted by molar-refractivity contribution is 0.169. The monoisotopic (exact) mass is 272 g/mol. The summed E-state index contributed by atoms with van der Waals surface area (Å²) in [7, 11) is 0. The molecule has 0 aromatic heterocycles. The van der Waals surface area contributed by atoms with Gasteiger partial charge in [0.25, 0.3) is 0 Å². The van der Waals surface area contributed by atoms with Gasteiger partial charge in [0.1, 0.15) is 0 Å². The van der Waals surface area contributed by atoms with Gasteiger partial charge in [0.15, 0.2) is 0 Å². The molecule has 1 saturated heterocycles. The largest absolute Gasteiger partial charge is 0.316 e. The average molecular weight is 272 g/mol. The highest BCUT2D eigenvalue weighted by Gasteiger charge is 2.28. The number of hydrogen-bond acceptors (Lipinski definition) is 2. The van der Waals surface area contributed by atoms with Crippen LogP contribution in [-0.4, -0.2) is 37.6 Å². The van der Waals surface area contributed by atoms with Crippen molar-refractivity contribution >= 4 is 0 Å². The van der Waals surface area contributed by atoms with E-state index >= 15 is 0 Å². The Morgan fingerprint density at radius 3 is 2.75 bits per heavy atom. The molecule has 0 saturated carbocycles. The molecular formula is C18H28N2. The van der Waals surface area contributed by atoms with Crippen LogP contribution in [-0.2, 0) is 6.42 Å². The fraction of sp³-hybridized carbons (Fsp3) is 0.667. The third-order valence-electron chi connectivity index (χ3n) is 5.01. The summed E-state index contributed by atoms with van der Waals surface area (Å²) >= 11 is 0. The van der Waals surface area contributed by atoms with Crippen molar-refractivity contribution in [2.75, 3.05) is 32.7 Å². The van der Waals surface area contributed by atoms with Crippen molar-refractivity contribution in [3.05, 3.63) is 35.4 Å². The lowest BCUT2D eigenvalue weighted by atomic mass is 9.77. The van der Waals surface area contributed by atoms with Crippen molar-refractivity contribution in [1.29, 1.82) is 0 Å². The summed E-state index contributed by atoms with van der Waals surface area (Å²) in [5.74, 6) is 1.72. The second kappa shape index (κ2) is 6.73. The van der Waals surface area contributed by atoms with Crippen molar-refractivity contribution in [1.82, 2.24) is 10.2 Å². The maximum absolute atomic E-state index is 3.58. The Hall–Kier alpha value is -0.860. The third kappa shape index (κ3) is 3.24. The molecule has 1 unspecified atom stereocenters. The summed E-state index contributed by atoms with van der Waals surface area (Å²) in [6.07, 6.45) is 5.31. The highest BCUT2D eigenvalue weighted by molar-refractivity contribution is 5.40. The van der Waals surface area contributed by atoms with Crippen LogP contribution in [0, 0.1) is 5.92 Å². The predicted octanol–water partition coefficient (Wildman–Crippen LogP) is 3.04. The number of rotatable bonds is 6. The van der Waals surface area contributed by atoms with Crippen LogP contribution in [0.5, 0.6) is 0 Å². The highest BCUT2D eigenvalue weighted by Crippen LogP contribution is 2.35. The van der Waals surface area contributed by atoms with Crippen LogP contribution in [0.3, 0.4) is 0 Å². The van der Waals surface area contributed by atoms with Gasteiger partial charge in [-0.3, -0.25) is 0 Å². The molecule has 110 valence electrons. The van der Waals surface area contributed by atoms with Crippen LogP contribution in [0.15, 0.2) is 24.3 Å². The summed E-state index contributed by atoms with van der Waals surface area (Å²) < 4.78 is 0. The van der Waals surface area contributed by atoms with E-state index in [1.54, 1.807) is 11.1 Å². The number of piperidine rings is 1. The zero-order valence-electron chi connectivity index (χ0n) is 12.8. The molecule has 1 atom stereocenters. The molecule has 3 rings (SSSR count). The molecule has 1 heterocycles. The van der Waals surface area contributed by atoms with Gasteiger partial charge in [0, 0.05) is 12.5 Å². The molecule has 2 heteroatoms. The van der Waals surface area contributed by atoms with Gasteiger partial charge in [-0.2, -0.15) is 0 Å². The Labute approximate surface area is 123 Å². The zero-order chi connectivity index (χ0) is 13.8. The number of nitrogens with zero attached hydrogens (tertiary/aromatic N) is 1. The van der Waals surface area contributed by atoms with Crippen molar-refractivity contribution in [2.45, 2.75) is 38.5 Å². The SMILES string of the molecule is CCCNCC1CCN(CC2Cc3ccccc32)CC1. The molecule has 20 heavy (non-hydrogen) atoms. The minimum absolute atomic E-state index is 0.806. The summed E-state index contributed by atoms with van der Waals surface area (Å²) in [6.45, 7) is 8.54. The molecule has 0 spiro atoms. The summed E-state index contributed by atoms with van der Waals surface area (Å²) in [5.41, 5.74) is 3.19. The van der Waals surface area contributed by atoms with Gasteiger partial charge >= 0.3 is 0 Å². The van der Waals surface area contributed by atoms with E-state index in [2.05, 4.69) is 41.4 Å². The molecule has 0 amide bonds. The number of hydrogen-bond donors (Lipinski definition) is 1. The molecule has 1 aliphatic carbocycles. The molecule has 1 aliphatic heterocycles. The predicted molar refractivity (Wildman–Crippen MR) is 85.2 cm³/mol. The first-order chi connectivity index (χ1) is 9.86. The molecule has 0 bridgehead atoms. The Balaban J connectivity index is 1.39. The number of nitrogens with one attached hydrogen (secondary N) is 1. The average Bonchev–Trinajstić information content (AvgIpc) is 2.47. The zero-order valence-corrected chi connectivity index (χ0v) is 12.8. The smallest absolute Gasteiger partial charge is 0.00536 e. The van der Waals surface area contributed by atoms with Gasteiger partial charge < -0.3 is 10.2 Å². The van der Waals surface area contributed by atoms with E-state index in [-0.39, 0.29) is 0 Å². The van der Waals surface area contributed by atoms with Crippen LogP contribution in [0.2, 0.25) is 0 Å². The molecule has 2 aliphatic rings. The summed E-state index contributed by atoms with van der Waals surface area (Å²) in [6, 6.07) is 8.98. The maximum Gasteiger partial charge on any atom is 0.00536 e. The second-order valence-corrected chi connectivity index (χ2v) is 6.55. The Bertz CT molecular complexity index is 421. The van der Waals surface area contributed by atoms with Crippen LogP contribution >= 0.6 is 0 Å². The van der Waals surface area contributed by atoms with E-state index in [1.807, 2.05) is 0 Å². The van der Waals surface area contributed by atoms with E-state index in [4.69, 9.17) is 0 Å². The van der Waals surface area contributed by atoms with E-state index in [0.717, 1.165) is 11.8 Å². The molecular weight excluding hydrogens is 244 g/mol. The van der Waals surface area contributed by atoms with Gasteiger partial charge in [0.05, 0.1) is 0 Å². The molecule has 1 aromatic carbocycles. The Morgan fingerprint density at radius 1 is 1.20 bits per heavy atom. The molecule has 1 fully saturated rings. The number of likely N-dealkylation sites (tertiary alicyclic amines) is 1. The van der Waals surface area contributed by atoms with Gasteiger partial charge in [-0.05, 0) is 68.9 Å². The van der Waals surface area contributed by atoms with Crippen molar-refractivity contribution in [2.24, 2.45) is 5.92 Å². The first-order valence-corrected chi connectivity index (χ1v) is 8.37. The number of benzene rings is 1. The lowest BCUT2D eigenvalue weighted by Crippen LogP contribution is -2.41. The van der Waals surface area contributed by atoms with E-state index in [0.29, 0.717) is 0 Å². The first kappa shape index (κ1) is 14.1. The summed E-state index contributed by atoms with van der Waals surface area (Å²) in [5, 5.41) is 3.58. The van der Waals surface area contributed by atoms with Gasteiger partial charge in [0.2, 0.25) is 0 Å². The quantitative estimate of drug-likeness (QED) is 0.801. The highest BCUT2D eigenvalue weighted by atomic mass is 15.1. The molecule has 1 aromatic rings. The van der Waals surface area contributed by atoms with Crippen LogP contribution in [0.1, 0.15) is 43.2 Å². The summed E-state index contributed by atoms with van der Waals surface area (Å²) in [4.78, 5) is 2.69. The van der Waals surface area contributed by atoms with Crippen molar-refractivity contribution in [3.8, 4) is 0 Å². The van der Waals surface area contributed by atoms with Gasteiger partial charge in [-0.25, -0.2) is 0 Å². The van der Waals surface area contributed by atoms with E-state index in [1.165, 1.54) is 58.4 Å².